The van der Waals surface area contributed by atoms with E-state index in [2.05, 4.69) is 136 Å². The summed E-state index contributed by atoms with van der Waals surface area (Å²) in [5.41, 5.74) is 11.9. The summed E-state index contributed by atoms with van der Waals surface area (Å²) in [5.74, 6) is 0.351. The van der Waals surface area contributed by atoms with Gasteiger partial charge in [-0.15, -0.1) is 0 Å². The molecule has 4 aromatic rings. The molecule has 1 unspecified atom stereocenters. The maximum atomic E-state index is 12.1. The molecule has 8 rings (SSSR count). The molecule has 0 bridgehead atoms. The van der Waals surface area contributed by atoms with Crippen LogP contribution >= 0.6 is 0 Å². The molecular formula is C78H119N4O10+. The molecule has 0 aromatic carbocycles. The van der Waals surface area contributed by atoms with Gasteiger partial charge in [0.25, 0.3) is 0 Å². The second kappa shape index (κ2) is 42.5. The van der Waals surface area contributed by atoms with Crippen molar-refractivity contribution >= 4 is 29.5 Å². The monoisotopic (exact) mass is 1270 g/mol. The number of aliphatic carboxylic acids is 1. The Kier molecular flexibility index (Phi) is 36.3. The number of carbonyl (C=O) groups excluding carboxylic acids is 4. The van der Waals surface area contributed by atoms with Crippen LogP contribution in [0.4, 0.5) is 0 Å². The summed E-state index contributed by atoms with van der Waals surface area (Å²) in [4.78, 5) is 75.6. The highest BCUT2D eigenvalue weighted by Crippen LogP contribution is 2.41. The molecule has 4 heterocycles. The minimum absolute atomic E-state index is 0.109. The highest BCUT2D eigenvalue weighted by atomic mass is 16.5. The number of ketones is 2. The van der Waals surface area contributed by atoms with Crippen LogP contribution < -0.4 is 0 Å². The first-order valence-corrected chi connectivity index (χ1v) is 36.0. The zero-order valence-corrected chi connectivity index (χ0v) is 58.6. The van der Waals surface area contributed by atoms with E-state index in [-0.39, 0.29) is 30.6 Å². The van der Waals surface area contributed by atoms with Crippen LogP contribution in [0.15, 0.2) is 48.5 Å². The fourth-order valence-corrected chi connectivity index (χ4v) is 13.7. The molecule has 0 saturated heterocycles. The molecule has 92 heavy (non-hydrogen) atoms. The predicted molar refractivity (Wildman–Crippen MR) is 368 cm³/mol. The van der Waals surface area contributed by atoms with Crippen molar-refractivity contribution in [3.05, 3.63) is 123 Å². The van der Waals surface area contributed by atoms with Crippen molar-refractivity contribution < 1.29 is 48.8 Å². The Balaban J connectivity index is 0.000000255. The summed E-state index contributed by atoms with van der Waals surface area (Å²) in [7, 11) is 0. The van der Waals surface area contributed by atoms with E-state index >= 15 is 0 Å². The fraction of sp³-hybridized carbons (Fsp3) is 0.667. The van der Waals surface area contributed by atoms with E-state index in [1.807, 2.05) is 6.92 Å². The largest absolute Gasteiger partial charge is 0.493 e. The molecule has 0 amide bonds. The van der Waals surface area contributed by atoms with Gasteiger partial charge in [0.15, 0.2) is 6.92 Å². The maximum Gasteiger partial charge on any atom is 0.493 e. The number of aliphatic hydroxyl groups is 2. The van der Waals surface area contributed by atoms with E-state index in [1.54, 1.807) is 6.92 Å². The molecule has 2 atom stereocenters. The number of esters is 2. The molecule has 0 aliphatic heterocycles. The average molecular weight is 1270 g/mol. The van der Waals surface area contributed by atoms with E-state index in [0.717, 1.165) is 199 Å². The molecule has 4 fully saturated rings. The number of rotatable bonds is 30. The molecule has 3 N–H and O–H groups in total. The summed E-state index contributed by atoms with van der Waals surface area (Å²) in [6.45, 7) is 24.2. The van der Waals surface area contributed by atoms with Gasteiger partial charge in [-0.3, -0.25) is 39.1 Å². The maximum absolute atomic E-state index is 12.1. The molecule has 4 aliphatic rings. The van der Waals surface area contributed by atoms with Crippen LogP contribution in [0.3, 0.4) is 0 Å². The topological polar surface area (TPSA) is 216 Å². The highest BCUT2D eigenvalue weighted by Gasteiger charge is 2.41. The van der Waals surface area contributed by atoms with Crippen LogP contribution in [-0.4, -0.2) is 89.1 Å². The number of aromatic nitrogens is 4. The van der Waals surface area contributed by atoms with E-state index in [0.29, 0.717) is 68.7 Å². The average Bonchev–Trinajstić information content (AvgIpc) is 1.59. The second-order valence-electron chi connectivity index (χ2n) is 26.1. The zero-order valence-electron chi connectivity index (χ0n) is 58.6. The summed E-state index contributed by atoms with van der Waals surface area (Å²) >= 11 is 0. The van der Waals surface area contributed by atoms with Crippen molar-refractivity contribution in [1.29, 1.82) is 0 Å². The van der Waals surface area contributed by atoms with Crippen molar-refractivity contribution in [3.63, 3.8) is 0 Å². The Morgan fingerprint density at radius 1 is 0.413 bits per heavy atom. The number of hydrogen-bond donors (Lipinski definition) is 3. The smallest absolute Gasteiger partial charge is 0.481 e. The van der Waals surface area contributed by atoms with Gasteiger partial charge in [-0.25, -0.2) is 0 Å². The third-order valence-electron chi connectivity index (χ3n) is 19.2. The number of aryl methyl sites for hydroxylation is 12. The van der Waals surface area contributed by atoms with Gasteiger partial charge in [-0.05, 0) is 238 Å². The Morgan fingerprint density at radius 2 is 0.674 bits per heavy atom. The quantitative estimate of drug-likeness (QED) is 0.0327. The van der Waals surface area contributed by atoms with Gasteiger partial charge in [0.1, 0.15) is 11.6 Å². The first kappa shape index (κ1) is 78.6. The summed E-state index contributed by atoms with van der Waals surface area (Å²) < 4.78 is 9.40. The van der Waals surface area contributed by atoms with E-state index in [4.69, 9.17) is 4.74 Å². The Morgan fingerprint density at radius 3 is 0.913 bits per heavy atom. The van der Waals surface area contributed by atoms with E-state index in [9.17, 15) is 39.3 Å². The standard InChI is InChI=1S/C21H33NO3.C19H29NO3.2C17H25NO.C4H7O2/c1-4-18-13-16(14-19(5-2)22-18)11-12-21(24,15-20(23)25-6-3)17-9-7-8-10-17;1-3-16-11-14(12-17(4-2)20-16)9-10-19(23,13-18(21)22)15-7-5-6-8-15;2*1-3-15-11-13(12-16(4-2)18-15)9-10-17(19)14-7-5-6-8-14;1-3-6-4(2)5/h13-14,17,24H,4-12,15H2,1-3H3;11-12,15,23H,3-10,13H2,1-2H3,(H,21,22);2*11-12,14H,3-10H2,1-2H3;2-3H2,1H3/q;;;;+1/t;19-;;;/m.0.../s1. The minimum atomic E-state index is -1.08. The Bertz CT molecular complexity index is 2680. The number of carboxylic acid groups (broad SMARTS) is 1. The van der Waals surface area contributed by atoms with Crippen LogP contribution in [0.25, 0.3) is 0 Å². The molecule has 4 aliphatic carbocycles. The number of ether oxygens (including phenoxy) is 2. The van der Waals surface area contributed by atoms with Crippen molar-refractivity contribution in [2.75, 3.05) is 13.2 Å². The molecule has 0 radical (unpaired) electrons. The summed E-state index contributed by atoms with van der Waals surface area (Å²) in [5, 5.41) is 31.5. The van der Waals surface area contributed by atoms with E-state index < -0.39 is 23.1 Å². The first-order chi connectivity index (χ1) is 44.2. The number of pyridine rings is 4. The number of nitrogens with zero attached hydrogens (tertiary/aromatic N) is 4. The minimum Gasteiger partial charge on any atom is -0.481 e. The molecule has 14 heteroatoms. The number of Topliss-reactive ketones (excluding diaryl/α,β-unsaturated/α-hetero) is 2. The van der Waals surface area contributed by atoms with Crippen molar-refractivity contribution in [1.82, 2.24) is 19.9 Å². The lowest BCUT2D eigenvalue weighted by Gasteiger charge is -2.33. The van der Waals surface area contributed by atoms with Gasteiger partial charge < -0.3 is 24.8 Å². The number of carbonyl (C=O) groups is 5. The highest BCUT2D eigenvalue weighted by molar-refractivity contribution is 5.82. The van der Waals surface area contributed by atoms with Crippen LogP contribution in [0.5, 0.6) is 0 Å². The molecule has 0 spiro atoms. The van der Waals surface area contributed by atoms with Crippen LogP contribution in [0, 0.1) is 30.6 Å². The van der Waals surface area contributed by atoms with Crippen molar-refractivity contribution in [2.45, 2.75) is 299 Å². The van der Waals surface area contributed by atoms with Crippen LogP contribution in [-0.2, 0) is 110 Å². The van der Waals surface area contributed by atoms with E-state index in [1.165, 1.54) is 42.4 Å². The van der Waals surface area contributed by atoms with Gasteiger partial charge in [0, 0.05) is 70.2 Å². The second-order valence-corrected chi connectivity index (χ2v) is 26.1. The lowest BCUT2D eigenvalue weighted by Crippen LogP contribution is -2.40. The SMILES string of the molecule is CCOC(=O)CC(O)(CCc1cc(CC)nc(CC)c1)C1CCCC1.CCc1cc(CCC(=O)C2CCCC2)cc(CC)n1.CCc1cc(CCC(=O)C2CCCC2)cc(CC)n1.CCc1cc(CC[C@](O)(CC(=O)O)C2CCCC2)cc(CC)n1.[CH2+]C(=O)OCC. The Labute approximate surface area is 554 Å². The summed E-state index contributed by atoms with van der Waals surface area (Å²) in [6.07, 6.45) is 31.1. The number of carboxylic acids is 1. The van der Waals surface area contributed by atoms with Crippen LogP contribution in [0.2, 0.25) is 0 Å². The lowest BCUT2D eigenvalue weighted by atomic mass is 9.79. The van der Waals surface area contributed by atoms with Gasteiger partial charge >= 0.3 is 17.9 Å². The van der Waals surface area contributed by atoms with Crippen molar-refractivity contribution in [3.8, 4) is 0 Å². The predicted octanol–water partition coefficient (Wildman–Crippen LogP) is 15.7. The summed E-state index contributed by atoms with van der Waals surface area (Å²) in [6, 6.07) is 17.1. The molecular weight excluding hydrogens is 1150 g/mol. The molecule has 4 aromatic heterocycles. The molecule has 510 valence electrons. The fourth-order valence-electron chi connectivity index (χ4n) is 13.7. The molecule has 4 saturated carbocycles. The number of hydrogen-bond acceptors (Lipinski definition) is 13. The third kappa shape index (κ3) is 28.0. The van der Waals surface area contributed by atoms with Gasteiger partial charge in [0.2, 0.25) is 0 Å². The third-order valence-corrected chi connectivity index (χ3v) is 19.2. The van der Waals surface area contributed by atoms with Gasteiger partial charge in [0.05, 0.1) is 37.3 Å². The van der Waals surface area contributed by atoms with Crippen LogP contribution in [0.1, 0.15) is 278 Å². The molecule has 14 nitrogen and oxygen atoms in total. The zero-order chi connectivity index (χ0) is 67.5. The lowest BCUT2D eigenvalue weighted by molar-refractivity contribution is -0.152. The van der Waals surface area contributed by atoms with Crippen molar-refractivity contribution in [2.24, 2.45) is 23.7 Å². The first-order valence-electron chi connectivity index (χ1n) is 36.0. The van der Waals surface area contributed by atoms with Gasteiger partial charge in [-0.2, -0.15) is 4.79 Å². The van der Waals surface area contributed by atoms with Gasteiger partial charge in [-0.1, -0.05) is 107 Å². The Hall–Kier alpha value is -5.86. The normalized spacial score (nSPS) is 16.3.